The van der Waals surface area contributed by atoms with Gasteiger partial charge in [-0.2, -0.15) is 0 Å². The van der Waals surface area contributed by atoms with Crippen LogP contribution in [0.4, 0.5) is 0 Å². The van der Waals surface area contributed by atoms with Gasteiger partial charge in [-0.05, 0) is 35.7 Å². The smallest absolute Gasteiger partial charge is 0.324 e. The number of carbonyl (C=O) groups is 1. The fourth-order valence-corrected chi connectivity index (χ4v) is 3.21. The van der Waals surface area contributed by atoms with E-state index in [4.69, 9.17) is 4.74 Å². The zero-order valence-electron chi connectivity index (χ0n) is 12.8. The highest BCUT2D eigenvalue weighted by atomic mass is 32.2. The van der Waals surface area contributed by atoms with Crippen molar-refractivity contribution in [3.05, 3.63) is 66.4 Å². The fourth-order valence-electron chi connectivity index (χ4n) is 2.46. The van der Waals surface area contributed by atoms with Crippen LogP contribution in [0.1, 0.15) is 5.56 Å². The second-order valence-electron chi connectivity index (χ2n) is 5.17. The minimum atomic E-state index is -0.413. The number of hydrogen-bond acceptors (Lipinski definition) is 4. The molecule has 0 saturated heterocycles. The molecule has 1 atom stereocenters. The second-order valence-corrected chi connectivity index (χ2v) is 6.08. The van der Waals surface area contributed by atoms with E-state index in [1.165, 1.54) is 19.1 Å². The highest BCUT2D eigenvalue weighted by molar-refractivity contribution is 7.97. The van der Waals surface area contributed by atoms with Gasteiger partial charge in [-0.25, -0.2) is 4.72 Å². The molecule has 2 aromatic carbocycles. The van der Waals surface area contributed by atoms with E-state index in [0.29, 0.717) is 6.42 Å². The molecule has 0 amide bonds. The van der Waals surface area contributed by atoms with Crippen molar-refractivity contribution in [3.8, 4) is 0 Å². The monoisotopic (exact) mass is 326 g/mol. The first kappa shape index (κ1) is 15.6. The lowest BCUT2D eigenvalue weighted by molar-refractivity contribution is -0.142. The first-order chi connectivity index (χ1) is 11.3. The average Bonchev–Trinajstić information content (AvgIpc) is 3.02. The van der Waals surface area contributed by atoms with Crippen LogP contribution in [0.5, 0.6) is 0 Å². The number of nitrogens with one attached hydrogen (secondary N) is 2. The maximum absolute atomic E-state index is 12.1. The fraction of sp³-hybridized carbons (Fsp3) is 0.167. The molecule has 23 heavy (non-hydrogen) atoms. The van der Waals surface area contributed by atoms with Gasteiger partial charge in [0.25, 0.3) is 0 Å². The number of H-pyrrole nitrogens is 1. The molecule has 0 radical (unpaired) electrons. The predicted molar refractivity (Wildman–Crippen MR) is 93.2 cm³/mol. The number of methoxy groups -OCH3 is 1. The van der Waals surface area contributed by atoms with Gasteiger partial charge >= 0.3 is 5.97 Å². The van der Waals surface area contributed by atoms with E-state index in [-0.39, 0.29) is 5.97 Å². The summed E-state index contributed by atoms with van der Waals surface area (Å²) in [4.78, 5) is 16.4. The predicted octanol–water partition coefficient (Wildman–Crippen LogP) is 3.55. The van der Waals surface area contributed by atoms with Gasteiger partial charge in [0, 0.05) is 28.4 Å². The van der Waals surface area contributed by atoms with Crippen LogP contribution < -0.4 is 4.72 Å². The first-order valence-corrected chi connectivity index (χ1v) is 8.20. The molecular weight excluding hydrogens is 308 g/mol. The van der Waals surface area contributed by atoms with Crippen LogP contribution in [0.15, 0.2) is 65.7 Å². The zero-order chi connectivity index (χ0) is 16.1. The van der Waals surface area contributed by atoms with Gasteiger partial charge in [-0.1, -0.05) is 36.4 Å². The maximum Gasteiger partial charge on any atom is 0.324 e. The zero-order valence-corrected chi connectivity index (χ0v) is 13.6. The van der Waals surface area contributed by atoms with Crippen molar-refractivity contribution in [2.75, 3.05) is 7.11 Å². The summed E-state index contributed by atoms with van der Waals surface area (Å²) >= 11 is 1.44. The molecule has 4 nitrogen and oxygen atoms in total. The molecule has 1 aromatic heterocycles. The van der Waals surface area contributed by atoms with Gasteiger partial charge < -0.3 is 9.72 Å². The Hall–Kier alpha value is -2.24. The van der Waals surface area contributed by atoms with Crippen LogP contribution in [0.25, 0.3) is 10.9 Å². The normalized spacial score (nSPS) is 12.2. The SMILES string of the molecule is COC(=O)[C@H](Cc1c[nH]c2ccccc12)NSc1ccccc1. The molecule has 0 saturated carbocycles. The number of benzene rings is 2. The van der Waals surface area contributed by atoms with Crippen molar-refractivity contribution in [3.63, 3.8) is 0 Å². The summed E-state index contributed by atoms with van der Waals surface area (Å²) < 4.78 is 8.15. The minimum Gasteiger partial charge on any atom is -0.468 e. The summed E-state index contributed by atoms with van der Waals surface area (Å²) in [7, 11) is 1.42. The standard InChI is InChI=1S/C18H18N2O2S/c1-22-18(21)17(20-23-14-7-3-2-4-8-14)11-13-12-19-16-10-6-5-9-15(13)16/h2-10,12,17,19-20H,11H2,1H3/t17-/m0/s1. The van der Waals surface area contributed by atoms with E-state index >= 15 is 0 Å². The van der Waals surface area contributed by atoms with E-state index < -0.39 is 6.04 Å². The summed E-state index contributed by atoms with van der Waals surface area (Å²) in [5.41, 5.74) is 2.17. The maximum atomic E-state index is 12.1. The second kappa shape index (κ2) is 7.35. The van der Waals surface area contributed by atoms with Crippen LogP contribution in [-0.4, -0.2) is 24.1 Å². The summed E-state index contributed by atoms with van der Waals surface area (Å²) in [6.07, 6.45) is 2.52. The third-order valence-corrected chi connectivity index (χ3v) is 4.56. The Morgan fingerprint density at radius 3 is 2.70 bits per heavy atom. The molecule has 2 N–H and O–H groups in total. The molecule has 1 heterocycles. The summed E-state index contributed by atoms with van der Waals surface area (Å²) in [6, 6.07) is 17.6. The summed E-state index contributed by atoms with van der Waals surface area (Å²) in [5.74, 6) is -0.265. The summed E-state index contributed by atoms with van der Waals surface area (Å²) in [6.45, 7) is 0. The Kier molecular flexibility index (Phi) is 5.00. The van der Waals surface area contributed by atoms with Crippen LogP contribution >= 0.6 is 11.9 Å². The van der Waals surface area contributed by atoms with E-state index in [1.807, 2.05) is 54.7 Å². The molecule has 0 aliphatic rings. The van der Waals surface area contributed by atoms with Gasteiger partial charge in [-0.15, -0.1) is 0 Å². The molecule has 3 rings (SSSR count). The molecule has 0 aliphatic heterocycles. The largest absolute Gasteiger partial charge is 0.468 e. The van der Waals surface area contributed by atoms with Crippen molar-refractivity contribution in [1.29, 1.82) is 0 Å². The third kappa shape index (κ3) is 3.75. The first-order valence-electron chi connectivity index (χ1n) is 7.38. The van der Waals surface area contributed by atoms with E-state index in [9.17, 15) is 4.79 Å². The van der Waals surface area contributed by atoms with Crippen molar-refractivity contribution in [2.45, 2.75) is 17.4 Å². The van der Waals surface area contributed by atoms with E-state index in [2.05, 4.69) is 15.8 Å². The lowest BCUT2D eigenvalue weighted by Crippen LogP contribution is -2.35. The number of hydrogen-bond donors (Lipinski definition) is 2. The molecule has 0 fully saturated rings. The Morgan fingerprint density at radius 1 is 1.17 bits per heavy atom. The molecule has 0 spiro atoms. The van der Waals surface area contributed by atoms with Crippen molar-refractivity contribution in [2.24, 2.45) is 0 Å². The number of rotatable bonds is 6. The number of esters is 1. The number of para-hydroxylation sites is 1. The van der Waals surface area contributed by atoms with E-state index in [1.54, 1.807) is 0 Å². The molecule has 0 bridgehead atoms. The topological polar surface area (TPSA) is 54.1 Å². The molecule has 3 aromatic rings. The van der Waals surface area contributed by atoms with Crippen LogP contribution in [0.3, 0.4) is 0 Å². The Labute approximate surface area is 139 Å². The third-order valence-electron chi connectivity index (χ3n) is 3.65. The van der Waals surface area contributed by atoms with Crippen LogP contribution in [-0.2, 0) is 16.0 Å². The van der Waals surface area contributed by atoms with E-state index in [0.717, 1.165) is 21.4 Å². The highest BCUT2D eigenvalue weighted by Gasteiger charge is 2.21. The minimum absolute atomic E-state index is 0.265. The molecule has 0 aliphatic carbocycles. The van der Waals surface area contributed by atoms with Gasteiger partial charge in [0.1, 0.15) is 6.04 Å². The quantitative estimate of drug-likeness (QED) is 0.537. The highest BCUT2D eigenvalue weighted by Crippen LogP contribution is 2.21. The van der Waals surface area contributed by atoms with Crippen LogP contribution in [0.2, 0.25) is 0 Å². The number of fused-ring (bicyclic) bond motifs is 1. The lowest BCUT2D eigenvalue weighted by atomic mass is 10.1. The van der Waals surface area contributed by atoms with Gasteiger partial charge in [0.05, 0.1) is 7.11 Å². The van der Waals surface area contributed by atoms with Gasteiger partial charge in [-0.3, -0.25) is 4.79 Å². The van der Waals surface area contributed by atoms with Crippen molar-refractivity contribution in [1.82, 2.24) is 9.71 Å². The Morgan fingerprint density at radius 2 is 1.91 bits per heavy atom. The molecule has 5 heteroatoms. The lowest BCUT2D eigenvalue weighted by Gasteiger charge is -2.15. The van der Waals surface area contributed by atoms with Crippen LogP contribution in [0, 0.1) is 0 Å². The van der Waals surface area contributed by atoms with Crippen molar-refractivity contribution >= 4 is 28.8 Å². The number of aromatic nitrogens is 1. The summed E-state index contributed by atoms with van der Waals surface area (Å²) in [5, 5.41) is 1.13. The number of aromatic amines is 1. The molecular formula is C18H18N2O2S. The molecule has 0 unspecified atom stereocenters. The average molecular weight is 326 g/mol. The Balaban J connectivity index is 1.75. The van der Waals surface area contributed by atoms with Crippen molar-refractivity contribution < 1.29 is 9.53 Å². The number of carbonyl (C=O) groups excluding carboxylic acids is 1. The Bertz CT molecular complexity index is 786. The number of ether oxygens (including phenoxy) is 1. The van der Waals surface area contributed by atoms with Gasteiger partial charge in [0.2, 0.25) is 0 Å². The molecule has 118 valence electrons. The van der Waals surface area contributed by atoms with Gasteiger partial charge in [0.15, 0.2) is 0 Å².